The van der Waals surface area contributed by atoms with Gasteiger partial charge in [0.25, 0.3) is 0 Å². The third-order valence-corrected chi connectivity index (χ3v) is 3.83. The molecule has 0 aliphatic carbocycles. The molecule has 0 bridgehead atoms. The second-order valence-corrected chi connectivity index (χ2v) is 5.62. The Balaban J connectivity index is 2.66. The van der Waals surface area contributed by atoms with Crippen LogP contribution in [-0.4, -0.2) is 17.4 Å². The van der Waals surface area contributed by atoms with E-state index in [4.69, 9.17) is 32.5 Å². The number of halogens is 2. The van der Waals surface area contributed by atoms with Gasteiger partial charge < -0.3 is 14.4 Å². The summed E-state index contributed by atoms with van der Waals surface area (Å²) < 4.78 is 10.7. The van der Waals surface area contributed by atoms with Crippen molar-refractivity contribution in [2.45, 2.75) is 26.1 Å². The van der Waals surface area contributed by atoms with Crippen LogP contribution in [0.4, 0.5) is 0 Å². The van der Waals surface area contributed by atoms with Gasteiger partial charge in [0.1, 0.15) is 11.3 Å². The van der Waals surface area contributed by atoms with Gasteiger partial charge in [0.05, 0.1) is 22.2 Å². The summed E-state index contributed by atoms with van der Waals surface area (Å²) in [6.45, 7) is 3.40. The monoisotopic (exact) mass is 315 g/mol. The van der Waals surface area contributed by atoms with Crippen molar-refractivity contribution in [2.75, 3.05) is 7.11 Å². The van der Waals surface area contributed by atoms with E-state index in [1.807, 2.05) is 13.8 Å². The predicted molar refractivity (Wildman–Crippen MR) is 77.9 cm³/mol. The van der Waals surface area contributed by atoms with Crippen LogP contribution in [0.3, 0.4) is 0 Å². The maximum absolute atomic E-state index is 9.65. The molecule has 0 aliphatic rings. The first-order chi connectivity index (χ1) is 9.42. The van der Waals surface area contributed by atoms with Crippen LogP contribution in [-0.2, 0) is 16.9 Å². The summed E-state index contributed by atoms with van der Waals surface area (Å²) in [5.41, 5.74) is 0.786. The molecule has 2 aromatic rings. The molecule has 1 N–H and O–H groups in total. The Morgan fingerprint density at radius 1 is 1.30 bits per heavy atom. The smallest absolute Gasteiger partial charge is 0.174 e. The normalized spacial score (nSPS) is 11.9. The van der Waals surface area contributed by atoms with Crippen molar-refractivity contribution >= 4 is 23.2 Å². The average Bonchev–Trinajstić information content (AvgIpc) is 2.83. The topological polar surface area (TPSA) is 55.5 Å². The van der Waals surface area contributed by atoms with Gasteiger partial charge in [-0.15, -0.1) is 0 Å². The maximum Gasteiger partial charge on any atom is 0.174 e. The summed E-state index contributed by atoms with van der Waals surface area (Å²) >= 11 is 12.3. The lowest BCUT2D eigenvalue weighted by atomic mass is 9.98. The second-order valence-electron chi connectivity index (χ2n) is 4.81. The van der Waals surface area contributed by atoms with Crippen LogP contribution in [0.15, 0.2) is 22.7 Å². The first-order valence-corrected chi connectivity index (χ1v) is 6.77. The first kappa shape index (κ1) is 15.3. The highest BCUT2D eigenvalue weighted by atomic mass is 35.5. The van der Waals surface area contributed by atoms with E-state index in [9.17, 15) is 5.11 Å². The zero-order chi connectivity index (χ0) is 14.9. The Morgan fingerprint density at radius 3 is 2.40 bits per heavy atom. The number of aliphatic hydroxyl groups is 1. The lowest BCUT2D eigenvalue weighted by Gasteiger charge is -2.20. The third kappa shape index (κ3) is 2.56. The molecule has 6 heteroatoms. The maximum atomic E-state index is 9.65. The lowest BCUT2D eigenvalue weighted by molar-refractivity contribution is -0.00529. The van der Waals surface area contributed by atoms with Gasteiger partial charge in [-0.05, 0) is 26.0 Å². The largest absolute Gasteiger partial charge is 0.391 e. The fourth-order valence-electron chi connectivity index (χ4n) is 1.94. The SMILES string of the molecule is COC(C)(C)c1onc(-c2c(Cl)cccc2Cl)c1CO. The number of rotatable bonds is 4. The molecule has 2 rings (SSSR count). The summed E-state index contributed by atoms with van der Waals surface area (Å²) in [6, 6.07) is 5.16. The Bertz CT molecular complexity index is 603. The van der Waals surface area contributed by atoms with Crippen LogP contribution >= 0.6 is 23.2 Å². The average molecular weight is 316 g/mol. The highest BCUT2D eigenvalue weighted by Crippen LogP contribution is 2.39. The van der Waals surface area contributed by atoms with Crippen molar-refractivity contribution in [3.63, 3.8) is 0 Å². The summed E-state index contributed by atoms with van der Waals surface area (Å²) in [7, 11) is 1.56. The van der Waals surface area contributed by atoms with Gasteiger partial charge in [-0.3, -0.25) is 0 Å². The van der Waals surface area contributed by atoms with E-state index in [0.29, 0.717) is 32.6 Å². The molecule has 1 aromatic heterocycles. The summed E-state index contributed by atoms with van der Waals surface area (Å²) in [5, 5.41) is 14.6. The van der Waals surface area contributed by atoms with Gasteiger partial charge in [-0.2, -0.15) is 0 Å². The first-order valence-electron chi connectivity index (χ1n) is 6.01. The molecule has 0 saturated heterocycles. The molecule has 1 heterocycles. The second kappa shape index (κ2) is 5.74. The van der Waals surface area contributed by atoms with Gasteiger partial charge in [0.2, 0.25) is 0 Å². The third-order valence-electron chi connectivity index (χ3n) is 3.20. The molecular weight excluding hydrogens is 301 g/mol. The van der Waals surface area contributed by atoms with Crippen LogP contribution in [0.2, 0.25) is 10.0 Å². The van der Waals surface area contributed by atoms with E-state index < -0.39 is 5.60 Å². The molecular formula is C14H15Cl2NO3. The van der Waals surface area contributed by atoms with Gasteiger partial charge in [0, 0.05) is 12.7 Å². The number of aromatic nitrogens is 1. The lowest BCUT2D eigenvalue weighted by Crippen LogP contribution is -2.20. The summed E-state index contributed by atoms with van der Waals surface area (Å²) in [5.74, 6) is 0.452. The molecule has 0 aliphatic heterocycles. The molecule has 20 heavy (non-hydrogen) atoms. The van der Waals surface area contributed by atoms with E-state index in [0.717, 1.165) is 0 Å². The summed E-state index contributed by atoms with van der Waals surface area (Å²) in [6.07, 6.45) is 0. The van der Waals surface area contributed by atoms with E-state index in [-0.39, 0.29) is 6.61 Å². The van der Waals surface area contributed by atoms with Crippen molar-refractivity contribution in [1.29, 1.82) is 0 Å². The van der Waals surface area contributed by atoms with Gasteiger partial charge in [0.15, 0.2) is 5.76 Å². The quantitative estimate of drug-likeness (QED) is 0.925. The molecule has 0 radical (unpaired) electrons. The van der Waals surface area contributed by atoms with Crippen molar-refractivity contribution in [1.82, 2.24) is 5.16 Å². The van der Waals surface area contributed by atoms with Crippen LogP contribution in [0.25, 0.3) is 11.3 Å². The van der Waals surface area contributed by atoms with E-state index >= 15 is 0 Å². The molecule has 1 aromatic carbocycles. The predicted octanol–water partition coefficient (Wildman–Crippen LogP) is 4.02. The zero-order valence-corrected chi connectivity index (χ0v) is 12.9. The van der Waals surface area contributed by atoms with Crippen molar-refractivity contribution in [3.05, 3.63) is 39.6 Å². The molecule has 0 amide bonds. The molecule has 0 unspecified atom stereocenters. The molecule has 0 atom stereocenters. The Morgan fingerprint density at radius 2 is 1.90 bits per heavy atom. The number of hydrogen-bond acceptors (Lipinski definition) is 4. The molecule has 0 spiro atoms. The molecule has 0 fully saturated rings. The number of ether oxygens (including phenoxy) is 1. The van der Waals surface area contributed by atoms with Gasteiger partial charge in [-0.1, -0.05) is 34.4 Å². The van der Waals surface area contributed by atoms with E-state index in [2.05, 4.69) is 5.16 Å². The van der Waals surface area contributed by atoms with Crippen LogP contribution < -0.4 is 0 Å². The van der Waals surface area contributed by atoms with E-state index in [1.54, 1.807) is 25.3 Å². The van der Waals surface area contributed by atoms with Crippen LogP contribution in [0.5, 0.6) is 0 Å². The highest BCUT2D eigenvalue weighted by molar-refractivity contribution is 6.39. The number of hydrogen-bond donors (Lipinski definition) is 1. The summed E-state index contributed by atoms with van der Waals surface area (Å²) in [4.78, 5) is 0. The molecule has 4 nitrogen and oxygen atoms in total. The van der Waals surface area contributed by atoms with Crippen LogP contribution in [0.1, 0.15) is 25.2 Å². The Kier molecular flexibility index (Phi) is 4.39. The number of methoxy groups -OCH3 is 1. The number of aliphatic hydroxyl groups excluding tert-OH is 1. The number of nitrogens with zero attached hydrogens (tertiary/aromatic N) is 1. The minimum absolute atomic E-state index is 0.248. The zero-order valence-electron chi connectivity index (χ0n) is 11.4. The van der Waals surface area contributed by atoms with Crippen molar-refractivity contribution in [3.8, 4) is 11.3 Å². The fourth-order valence-corrected chi connectivity index (χ4v) is 2.52. The Labute approximate surface area is 127 Å². The van der Waals surface area contributed by atoms with Gasteiger partial charge >= 0.3 is 0 Å². The highest BCUT2D eigenvalue weighted by Gasteiger charge is 2.31. The van der Waals surface area contributed by atoms with E-state index in [1.165, 1.54) is 0 Å². The number of benzene rings is 1. The van der Waals surface area contributed by atoms with Gasteiger partial charge in [-0.25, -0.2) is 0 Å². The minimum atomic E-state index is -0.711. The fraction of sp³-hybridized carbons (Fsp3) is 0.357. The van der Waals surface area contributed by atoms with Crippen molar-refractivity contribution in [2.24, 2.45) is 0 Å². The molecule has 108 valence electrons. The minimum Gasteiger partial charge on any atom is -0.391 e. The Hall–Kier alpha value is -1.07. The standard InChI is InChI=1S/C14H15Cl2NO3/c1-14(2,19-3)13-8(7-18)12(17-20-13)11-9(15)5-4-6-10(11)16/h4-6,18H,7H2,1-3H3. The molecule has 0 saturated carbocycles. The van der Waals surface area contributed by atoms with Crippen LogP contribution in [0, 0.1) is 0 Å². The van der Waals surface area contributed by atoms with Crippen molar-refractivity contribution < 1.29 is 14.4 Å².